The van der Waals surface area contributed by atoms with Crippen LogP contribution in [0.15, 0.2) is 18.2 Å². The van der Waals surface area contributed by atoms with Gasteiger partial charge in [0.25, 0.3) is 0 Å². The molecule has 1 aromatic carbocycles. The standard InChI is InChI=1S/C25H40O6S2/c1-3-4-5-6-7-8-9-10-11-16-31-22-13-12-20(30-2)19-21(22)25(32-17-14-23(26)27)33-18-15-24(28)29/h12-13,19,25H,3-11,14-18H2,1-2H3,(H,26,27)(H,28,29). The average Bonchev–Trinajstić information content (AvgIpc) is 2.79. The lowest BCUT2D eigenvalue weighted by Gasteiger charge is -2.21. The van der Waals surface area contributed by atoms with E-state index in [0.717, 1.165) is 24.2 Å². The smallest absolute Gasteiger partial charge is 0.304 e. The van der Waals surface area contributed by atoms with Crippen LogP contribution in [0.3, 0.4) is 0 Å². The van der Waals surface area contributed by atoms with Crippen LogP contribution >= 0.6 is 23.5 Å². The molecular formula is C25H40O6S2. The zero-order valence-electron chi connectivity index (χ0n) is 20.1. The molecule has 188 valence electrons. The van der Waals surface area contributed by atoms with E-state index < -0.39 is 11.9 Å². The summed E-state index contributed by atoms with van der Waals surface area (Å²) in [6.45, 7) is 2.86. The Bertz CT molecular complexity index is 663. The summed E-state index contributed by atoms with van der Waals surface area (Å²) in [4.78, 5) is 21.9. The number of methoxy groups -OCH3 is 1. The molecule has 0 aliphatic heterocycles. The summed E-state index contributed by atoms with van der Waals surface area (Å²) in [6.07, 6.45) is 11.3. The summed E-state index contributed by atoms with van der Waals surface area (Å²) in [5, 5.41) is 18.0. The normalized spacial score (nSPS) is 11.0. The summed E-state index contributed by atoms with van der Waals surface area (Å²) in [6, 6.07) is 5.66. The van der Waals surface area contributed by atoms with Crippen molar-refractivity contribution < 1.29 is 29.3 Å². The third-order valence-electron chi connectivity index (χ3n) is 5.15. The largest absolute Gasteiger partial charge is 0.497 e. The van der Waals surface area contributed by atoms with Gasteiger partial charge in [-0.3, -0.25) is 9.59 Å². The van der Waals surface area contributed by atoms with Crippen LogP contribution in [0.4, 0.5) is 0 Å². The molecule has 0 aromatic heterocycles. The third-order valence-corrected chi connectivity index (χ3v) is 7.96. The molecule has 0 aliphatic carbocycles. The van der Waals surface area contributed by atoms with Crippen LogP contribution in [0.5, 0.6) is 11.5 Å². The average molecular weight is 501 g/mol. The molecule has 1 aromatic rings. The number of hydrogen-bond donors (Lipinski definition) is 2. The zero-order valence-corrected chi connectivity index (χ0v) is 21.7. The SMILES string of the molecule is CCCCCCCCCCCOc1ccc(OC)cc1C(SCCC(=O)O)SCCC(=O)O. The van der Waals surface area contributed by atoms with Crippen molar-refractivity contribution in [2.75, 3.05) is 25.2 Å². The highest BCUT2D eigenvalue weighted by atomic mass is 32.2. The molecule has 0 atom stereocenters. The fourth-order valence-corrected chi connectivity index (χ4v) is 6.00. The predicted molar refractivity (Wildman–Crippen MR) is 138 cm³/mol. The number of unbranched alkanes of at least 4 members (excludes halogenated alkanes) is 8. The van der Waals surface area contributed by atoms with Crippen LogP contribution in [-0.2, 0) is 9.59 Å². The first-order chi connectivity index (χ1) is 16.0. The Labute approximate surface area is 207 Å². The molecular weight excluding hydrogens is 460 g/mol. The van der Waals surface area contributed by atoms with Gasteiger partial charge in [-0.25, -0.2) is 0 Å². The van der Waals surface area contributed by atoms with E-state index in [1.807, 2.05) is 18.2 Å². The van der Waals surface area contributed by atoms with Gasteiger partial charge in [-0.1, -0.05) is 58.3 Å². The van der Waals surface area contributed by atoms with E-state index in [2.05, 4.69) is 6.92 Å². The van der Waals surface area contributed by atoms with Gasteiger partial charge in [0.2, 0.25) is 0 Å². The number of rotatable bonds is 21. The number of ether oxygens (including phenoxy) is 2. The molecule has 0 aliphatic rings. The Hall–Kier alpha value is -1.54. The van der Waals surface area contributed by atoms with Gasteiger partial charge in [-0.15, -0.1) is 23.5 Å². The van der Waals surface area contributed by atoms with Gasteiger partial charge in [0.15, 0.2) is 0 Å². The van der Waals surface area contributed by atoms with Crippen molar-refractivity contribution in [2.24, 2.45) is 0 Å². The highest BCUT2D eigenvalue weighted by molar-refractivity contribution is 8.16. The van der Waals surface area contributed by atoms with E-state index in [-0.39, 0.29) is 17.4 Å². The van der Waals surface area contributed by atoms with Gasteiger partial charge in [0.05, 0.1) is 31.1 Å². The fraction of sp³-hybridized carbons (Fsp3) is 0.680. The lowest BCUT2D eigenvalue weighted by Crippen LogP contribution is -2.05. The number of thioether (sulfide) groups is 2. The first-order valence-electron chi connectivity index (χ1n) is 12.0. The van der Waals surface area contributed by atoms with Crippen molar-refractivity contribution >= 4 is 35.5 Å². The van der Waals surface area contributed by atoms with E-state index in [4.69, 9.17) is 19.7 Å². The quantitative estimate of drug-likeness (QED) is 0.137. The molecule has 0 heterocycles. The van der Waals surface area contributed by atoms with Gasteiger partial charge in [-0.2, -0.15) is 0 Å². The molecule has 0 saturated heterocycles. The Morgan fingerprint density at radius 2 is 1.42 bits per heavy atom. The molecule has 1 rings (SSSR count). The van der Waals surface area contributed by atoms with Crippen LogP contribution in [0.1, 0.15) is 87.7 Å². The molecule has 0 unspecified atom stereocenters. The summed E-state index contributed by atoms with van der Waals surface area (Å²) < 4.78 is 11.4. The van der Waals surface area contributed by atoms with Gasteiger partial charge in [0.1, 0.15) is 11.5 Å². The first kappa shape index (κ1) is 29.5. The van der Waals surface area contributed by atoms with Crippen LogP contribution in [0.25, 0.3) is 0 Å². The van der Waals surface area contributed by atoms with Crippen LogP contribution in [0, 0.1) is 0 Å². The van der Waals surface area contributed by atoms with Crippen LogP contribution in [0.2, 0.25) is 0 Å². The van der Waals surface area contributed by atoms with Gasteiger partial charge in [-0.05, 0) is 24.6 Å². The van der Waals surface area contributed by atoms with Gasteiger partial charge >= 0.3 is 11.9 Å². The number of carboxylic acid groups (broad SMARTS) is 2. The Balaban J connectivity index is 2.65. The number of carbonyl (C=O) groups is 2. The molecule has 8 heteroatoms. The number of hydrogen-bond acceptors (Lipinski definition) is 6. The monoisotopic (exact) mass is 500 g/mol. The van der Waals surface area contributed by atoms with Crippen molar-refractivity contribution in [2.45, 2.75) is 82.1 Å². The van der Waals surface area contributed by atoms with Crippen molar-refractivity contribution in [1.82, 2.24) is 0 Å². The van der Waals surface area contributed by atoms with Gasteiger partial charge in [0, 0.05) is 17.1 Å². The number of aliphatic carboxylic acids is 2. The Morgan fingerprint density at radius 3 is 1.94 bits per heavy atom. The van der Waals surface area contributed by atoms with E-state index in [9.17, 15) is 9.59 Å². The first-order valence-corrected chi connectivity index (χ1v) is 14.0. The predicted octanol–water partition coefficient (Wildman–Crippen LogP) is 7.02. The number of benzene rings is 1. The topological polar surface area (TPSA) is 93.1 Å². The second-order valence-corrected chi connectivity index (χ2v) is 10.7. The lowest BCUT2D eigenvalue weighted by atomic mass is 10.1. The highest BCUT2D eigenvalue weighted by Gasteiger charge is 2.20. The molecule has 0 spiro atoms. The van der Waals surface area contributed by atoms with Crippen molar-refractivity contribution in [3.63, 3.8) is 0 Å². The lowest BCUT2D eigenvalue weighted by molar-refractivity contribution is -0.137. The molecule has 33 heavy (non-hydrogen) atoms. The van der Waals surface area contributed by atoms with Crippen LogP contribution < -0.4 is 9.47 Å². The van der Waals surface area contributed by atoms with E-state index >= 15 is 0 Å². The third kappa shape index (κ3) is 14.4. The zero-order chi connectivity index (χ0) is 24.3. The van der Waals surface area contributed by atoms with Crippen molar-refractivity contribution in [3.05, 3.63) is 23.8 Å². The molecule has 2 N–H and O–H groups in total. The molecule has 0 fully saturated rings. The molecule has 0 bridgehead atoms. The second-order valence-electron chi connectivity index (χ2n) is 7.94. The van der Waals surface area contributed by atoms with Crippen molar-refractivity contribution in [1.29, 1.82) is 0 Å². The summed E-state index contributed by atoms with van der Waals surface area (Å²) in [7, 11) is 1.60. The second kappa shape index (κ2) is 18.8. The Kier molecular flexibility index (Phi) is 16.8. The summed E-state index contributed by atoms with van der Waals surface area (Å²) in [5.41, 5.74) is 0.913. The minimum Gasteiger partial charge on any atom is -0.497 e. The van der Waals surface area contributed by atoms with Crippen molar-refractivity contribution in [3.8, 4) is 11.5 Å². The summed E-state index contributed by atoms with van der Waals surface area (Å²) in [5.74, 6) is 0.645. The van der Waals surface area contributed by atoms with E-state index in [1.165, 1.54) is 68.5 Å². The van der Waals surface area contributed by atoms with E-state index in [0.29, 0.717) is 23.9 Å². The minimum absolute atomic E-state index is 0.0548. The molecule has 0 radical (unpaired) electrons. The molecule has 6 nitrogen and oxygen atoms in total. The molecule has 0 amide bonds. The maximum absolute atomic E-state index is 11.0. The Morgan fingerprint density at radius 1 is 0.879 bits per heavy atom. The fourth-order valence-electron chi connectivity index (χ4n) is 3.30. The van der Waals surface area contributed by atoms with Crippen LogP contribution in [-0.4, -0.2) is 47.4 Å². The maximum atomic E-state index is 11.0. The summed E-state index contributed by atoms with van der Waals surface area (Å²) >= 11 is 3.00. The van der Waals surface area contributed by atoms with Gasteiger partial charge < -0.3 is 19.7 Å². The van der Waals surface area contributed by atoms with E-state index in [1.54, 1.807) is 7.11 Å². The maximum Gasteiger partial charge on any atom is 0.304 e. The highest BCUT2D eigenvalue weighted by Crippen LogP contribution is 2.45. The molecule has 0 saturated carbocycles. The minimum atomic E-state index is -0.843. The number of carboxylic acids is 2.